The van der Waals surface area contributed by atoms with Gasteiger partial charge in [-0.3, -0.25) is 0 Å². The van der Waals surface area contributed by atoms with Gasteiger partial charge in [-0.2, -0.15) is 13.2 Å². The Morgan fingerprint density at radius 2 is 1.67 bits per heavy atom. The van der Waals surface area contributed by atoms with Crippen LogP contribution in [0.2, 0.25) is 0 Å². The molecule has 140 valence electrons. The number of nitrogens with two attached hydrogens (primary N) is 1. The van der Waals surface area contributed by atoms with Crippen molar-refractivity contribution in [1.29, 1.82) is 0 Å². The predicted molar refractivity (Wildman–Crippen MR) is 98.8 cm³/mol. The fourth-order valence-electron chi connectivity index (χ4n) is 3.01. The molecule has 0 bridgehead atoms. The minimum absolute atomic E-state index is 0.0999. The van der Waals surface area contributed by atoms with Crippen LogP contribution >= 0.6 is 0 Å². The number of benzene rings is 1. The van der Waals surface area contributed by atoms with E-state index in [0.717, 1.165) is 18.1 Å². The highest BCUT2D eigenvalue weighted by atomic mass is 19.4. The van der Waals surface area contributed by atoms with E-state index in [2.05, 4.69) is 15.0 Å². The zero-order chi connectivity index (χ0) is 19.6. The molecule has 0 saturated heterocycles. The van der Waals surface area contributed by atoms with Gasteiger partial charge >= 0.3 is 6.18 Å². The summed E-state index contributed by atoms with van der Waals surface area (Å²) in [6.07, 6.45) is -3.19. The monoisotopic (exact) mass is 372 g/mol. The Hall–Kier alpha value is -2.96. The van der Waals surface area contributed by atoms with Crippen LogP contribution in [0.15, 0.2) is 42.5 Å². The molecule has 0 unspecified atom stereocenters. The van der Waals surface area contributed by atoms with Crippen molar-refractivity contribution in [3.05, 3.63) is 59.5 Å². The maximum Gasteiger partial charge on any atom is 0.433 e. The smallest absolute Gasteiger partial charge is 0.368 e. The molecule has 0 atom stereocenters. The molecule has 0 saturated carbocycles. The summed E-state index contributed by atoms with van der Waals surface area (Å²) in [5.41, 5.74) is 8.09. The molecule has 1 aromatic carbocycles. The molecule has 3 aromatic rings. The minimum atomic E-state index is -4.53. The lowest BCUT2D eigenvalue weighted by molar-refractivity contribution is -0.141. The molecule has 7 heteroatoms. The Balaban J connectivity index is 2.33. The van der Waals surface area contributed by atoms with E-state index >= 15 is 0 Å². The molecule has 2 heterocycles. The van der Waals surface area contributed by atoms with Gasteiger partial charge in [0, 0.05) is 16.8 Å². The highest BCUT2D eigenvalue weighted by molar-refractivity contribution is 5.83. The van der Waals surface area contributed by atoms with Crippen molar-refractivity contribution >= 4 is 5.95 Å². The van der Waals surface area contributed by atoms with Crippen molar-refractivity contribution in [3.63, 3.8) is 0 Å². The second-order valence-electron chi connectivity index (χ2n) is 6.25. The molecule has 0 aliphatic heterocycles. The van der Waals surface area contributed by atoms with Gasteiger partial charge in [0.25, 0.3) is 0 Å². The number of nitrogens with zero attached hydrogens (tertiary/aromatic N) is 3. The number of rotatable bonds is 4. The second-order valence-corrected chi connectivity index (χ2v) is 6.25. The summed E-state index contributed by atoms with van der Waals surface area (Å²) in [6.45, 7) is 3.52. The predicted octanol–water partition coefficient (Wildman–Crippen LogP) is 5.07. The van der Waals surface area contributed by atoms with Gasteiger partial charge in [-0.25, -0.2) is 15.0 Å². The van der Waals surface area contributed by atoms with Crippen molar-refractivity contribution in [2.75, 3.05) is 5.73 Å². The fraction of sp³-hybridized carbons (Fsp3) is 0.250. The van der Waals surface area contributed by atoms with Gasteiger partial charge in [-0.15, -0.1) is 0 Å². The van der Waals surface area contributed by atoms with Crippen molar-refractivity contribution in [2.24, 2.45) is 0 Å². The van der Waals surface area contributed by atoms with Gasteiger partial charge in [0.05, 0.1) is 11.4 Å². The molecular weight excluding hydrogens is 353 g/mol. The largest absolute Gasteiger partial charge is 0.433 e. The Kier molecular flexibility index (Phi) is 5.12. The van der Waals surface area contributed by atoms with Crippen LogP contribution in [0.25, 0.3) is 22.4 Å². The number of nitrogen functional groups attached to an aromatic ring is 1. The molecule has 2 N–H and O–H groups in total. The van der Waals surface area contributed by atoms with Gasteiger partial charge in [-0.05, 0) is 31.0 Å². The molecule has 0 fully saturated rings. The van der Waals surface area contributed by atoms with Crippen molar-refractivity contribution < 1.29 is 13.2 Å². The van der Waals surface area contributed by atoms with Gasteiger partial charge in [0.2, 0.25) is 5.95 Å². The maximum absolute atomic E-state index is 13.3. The normalized spacial score (nSPS) is 11.6. The topological polar surface area (TPSA) is 64.7 Å². The van der Waals surface area contributed by atoms with Crippen molar-refractivity contribution in [1.82, 2.24) is 15.0 Å². The van der Waals surface area contributed by atoms with Crippen LogP contribution in [0, 0.1) is 6.92 Å². The number of pyridine rings is 1. The summed E-state index contributed by atoms with van der Waals surface area (Å²) in [7, 11) is 0. The first-order valence-electron chi connectivity index (χ1n) is 8.57. The Morgan fingerprint density at radius 1 is 0.963 bits per heavy atom. The average molecular weight is 372 g/mol. The molecule has 0 spiro atoms. The minimum Gasteiger partial charge on any atom is -0.368 e. The number of halogens is 3. The molecule has 4 nitrogen and oxygen atoms in total. The molecule has 0 aliphatic carbocycles. The SMILES string of the molecule is CCCc1nc(N)nc(-c2ccccc2)c1-c1cc(C)nc(C(F)(F)F)c1. The number of aryl methyl sites for hydroxylation is 2. The third kappa shape index (κ3) is 4.07. The van der Waals surface area contributed by atoms with E-state index in [1.807, 2.05) is 37.3 Å². The molecule has 27 heavy (non-hydrogen) atoms. The summed E-state index contributed by atoms with van der Waals surface area (Å²) in [4.78, 5) is 12.3. The lowest BCUT2D eigenvalue weighted by Crippen LogP contribution is -2.10. The molecule has 0 amide bonds. The van der Waals surface area contributed by atoms with E-state index in [1.54, 1.807) is 13.0 Å². The van der Waals surface area contributed by atoms with Gasteiger partial charge < -0.3 is 5.73 Å². The summed E-state index contributed by atoms with van der Waals surface area (Å²) < 4.78 is 39.9. The van der Waals surface area contributed by atoms with E-state index < -0.39 is 11.9 Å². The molecule has 0 radical (unpaired) electrons. The van der Waals surface area contributed by atoms with E-state index in [-0.39, 0.29) is 11.6 Å². The first-order valence-corrected chi connectivity index (χ1v) is 8.57. The average Bonchev–Trinajstić information content (AvgIpc) is 2.61. The number of hydrogen-bond donors (Lipinski definition) is 1. The zero-order valence-electron chi connectivity index (χ0n) is 15.0. The summed E-state index contributed by atoms with van der Waals surface area (Å²) in [6, 6.07) is 11.9. The van der Waals surface area contributed by atoms with Crippen LogP contribution in [0.1, 0.15) is 30.4 Å². The van der Waals surface area contributed by atoms with Crippen LogP contribution in [-0.2, 0) is 12.6 Å². The Labute approximate surface area is 155 Å². The summed E-state index contributed by atoms with van der Waals surface area (Å²) in [5, 5.41) is 0. The van der Waals surface area contributed by atoms with Crippen molar-refractivity contribution in [3.8, 4) is 22.4 Å². The van der Waals surface area contributed by atoms with E-state index in [0.29, 0.717) is 28.9 Å². The number of alkyl halides is 3. The molecular formula is C20H19F3N4. The Bertz CT molecular complexity index is 953. The third-order valence-electron chi connectivity index (χ3n) is 4.07. The molecule has 2 aromatic heterocycles. The van der Waals surface area contributed by atoms with Crippen LogP contribution < -0.4 is 5.73 Å². The highest BCUT2D eigenvalue weighted by Gasteiger charge is 2.33. The lowest BCUT2D eigenvalue weighted by Gasteiger charge is -2.16. The molecule has 3 rings (SSSR count). The number of anilines is 1. The van der Waals surface area contributed by atoms with E-state index in [4.69, 9.17) is 5.73 Å². The lowest BCUT2D eigenvalue weighted by atomic mass is 9.95. The van der Waals surface area contributed by atoms with Crippen molar-refractivity contribution in [2.45, 2.75) is 32.9 Å². The van der Waals surface area contributed by atoms with E-state index in [1.165, 1.54) is 0 Å². The first kappa shape index (κ1) is 18.8. The fourth-order valence-corrected chi connectivity index (χ4v) is 3.01. The second kappa shape index (κ2) is 7.34. The highest BCUT2D eigenvalue weighted by Crippen LogP contribution is 2.37. The van der Waals surface area contributed by atoms with Crippen LogP contribution in [0.3, 0.4) is 0 Å². The van der Waals surface area contributed by atoms with Crippen LogP contribution in [0.5, 0.6) is 0 Å². The summed E-state index contributed by atoms with van der Waals surface area (Å²) in [5.74, 6) is 0.0999. The number of aromatic nitrogens is 3. The third-order valence-corrected chi connectivity index (χ3v) is 4.07. The van der Waals surface area contributed by atoms with Gasteiger partial charge in [0.1, 0.15) is 5.69 Å². The van der Waals surface area contributed by atoms with Gasteiger partial charge in [-0.1, -0.05) is 43.7 Å². The quantitative estimate of drug-likeness (QED) is 0.695. The zero-order valence-corrected chi connectivity index (χ0v) is 15.0. The standard InChI is InChI=1S/C20H19F3N4/c1-3-7-15-17(14-10-12(2)25-16(11-14)20(21,22)23)18(27-19(24)26-15)13-8-5-4-6-9-13/h4-6,8-11H,3,7H2,1-2H3,(H2,24,26,27). The Morgan fingerprint density at radius 3 is 2.30 bits per heavy atom. The van der Waals surface area contributed by atoms with E-state index in [9.17, 15) is 13.2 Å². The first-order chi connectivity index (χ1) is 12.8. The van der Waals surface area contributed by atoms with Crippen LogP contribution in [0.4, 0.5) is 19.1 Å². The number of hydrogen-bond acceptors (Lipinski definition) is 4. The van der Waals surface area contributed by atoms with Gasteiger partial charge in [0.15, 0.2) is 0 Å². The van der Waals surface area contributed by atoms with Crippen LogP contribution in [-0.4, -0.2) is 15.0 Å². The summed E-state index contributed by atoms with van der Waals surface area (Å²) >= 11 is 0. The maximum atomic E-state index is 13.3. The molecule has 0 aliphatic rings.